The van der Waals surface area contributed by atoms with Crippen molar-refractivity contribution in [3.63, 3.8) is 0 Å². The molecule has 56 valence electrons. The first-order chi connectivity index (χ1) is 4.79. The average molecular weight is 143 g/mol. The van der Waals surface area contributed by atoms with Gasteiger partial charge in [-0.25, -0.2) is 0 Å². The molecule has 0 saturated heterocycles. The molecule has 0 saturated carbocycles. The van der Waals surface area contributed by atoms with Crippen molar-refractivity contribution in [1.29, 1.82) is 0 Å². The van der Waals surface area contributed by atoms with E-state index in [-0.39, 0.29) is 20.3 Å². The molecule has 1 rings (SSSR count). The van der Waals surface area contributed by atoms with E-state index in [9.17, 15) is 0 Å². The monoisotopic (exact) mass is 143 g/mol. The van der Waals surface area contributed by atoms with Gasteiger partial charge in [0.25, 0.3) is 0 Å². The van der Waals surface area contributed by atoms with E-state index in [2.05, 4.69) is 31.3 Å². The fourth-order valence-electron chi connectivity index (χ4n) is 0.868. The van der Waals surface area contributed by atoms with Crippen molar-refractivity contribution in [1.82, 2.24) is 0 Å². The topological polar surface area (TPSA) is 12.0 Å². The van der Waals surface area contributed by atoms with Crippen LogP contribution >= 0.6 is 0 Å². The van der Waals surface area contributed by atoms with Gasteiger partial charge in [0, 0.05) is 11.7 Å². The summed E-state index contributed by atoms with van der Waals surface area (Å²) in [6, 6.07) is 10.7. The molecule has 11 heavy (non-hydrogen) atoms. The van der Waals surface area contributed by atoms with E-state index >= 15 is 0 Å². The first-order valence-electron chi connectivity index (χ1n) is 3.60. The second kappa shape index (κ2) is 5.29. The normalized spacial score (nSPS) is 9.00. The van der Waals surface area contributed by atoms with Crippen LogP contribution in [0.1, 0.15) is 15.3 Å². The Hall–Kier alpha value is -0.383. The molecule has 0 aliphatic heterocycles. The maximum atomic E-state index is 3.30. The van der Waals surface area contributed by atoms with Gasteiger partial charge in [-0.05, 0) is 26.0 Å². The summed E-state index contributed by atoms with van der Waals surface area (Å²) >= 11 is 0. The van der Waals surface area contributed by atoms with Crippen molar-refractivity contribution in [3.05, 3.63) is 30.3 Å². The number of anilines is 1. The van der Waals surface area contributed by atoms with Gasteiger partial charge in [-0.3, -0.25) is 0 Å². The molecule has 0 radical (unpaired) electrons. The zero-order valence-electron chi connectivity index (χ0n) is 8.46. The molecular weight excluding hydrogens is 129 g/mol. The molecule has 0 fully saturated rings. The van der Waals surface area contributed by atoms with Crippen LogP contribution in [0.2, 0.25) is 0 Å². The van der Waals surface area contributed by atoms with Gasteiger partial charge in [-0.2, -0.15) is 0 Å². The fraction of sp³-hybridized carbons (Fsp3) is 0.333. The fourth-order valence-corrected chi connectivity index (χ4v) is 0.868. The molecule has 0 atom stereocenters. The second-order valence-corrected chi connectivity index (χ2v) is 2.67. The molecular formula is C9H14LiN. The van der Waals surface area contributed by atoms with E-state index in [0.717, 1.165) is 0 Å². The molecule has 2 heteroatoms. The molecule has 1 nitrogen and oxygen atoms in total. The van der Waals surface area contributed by atoms with E-state index < -0.39 is 0 Å². The first-order valence-corrected chi connectivity index (χ1v) is 3.60. The third-order valence-corrected chi connectivity index (χ3v) is 1.23. The molecule has 0 unspecified atom stereocenters. The van der Waals surface area contributed by atoms with Crippen LogP contribution in [0.4, 0.5) is 5.69 Å². The van der Waals surface area contributed by atoms with E-state index in [1.165, 1.54) is 5.69 Å². The summed E-state index contributed by atoms with van der Waals surface area (Å²) in [6.45, 7) is 4.26. The second-order valence-electron chi connectivity index (χ2n) is 2.67. The molecule has 0 aliphatic rings. The zero-order valence-corrected chi connectivity index (χ0v) is 7.46. The number of hydrogen-bond donors (Lipinski definition) is 1. The molecule has 0 spiro atoms. The Kier molecular flexibility index (Phi) is 5.11. The minimum Gasteiger partial charge on any atom is -1.00 e. The summed E-state index contributed by atoms with van der Waals surface area (Å²) in [5, 5.41) is 3.30. The molecule has 0 bridgehead atoms. The van der Waals surface area contributed by atoms with E-state index in [0.29, 0.717) is 6.04 Å². The van der Waals surface area contributed by atoms with Gasteiger partial charge in [-0.1, -0.05) is 18.2 Å². The molecule has 0 amide bonds. The minimum atomic E-state index is 0. The molecule has 0 heterocycles. The van der Waals surface area contributed by atoms with E-state index in [1.54, 1.807) is 0 Å². The number of hydrogen-bond acceptors (Lipinski definition) is 1. The largest absolute Gasteiger partial charge is 1.00 e. The zero-order chi connectivity index (χ0) is 7.40. The van der Waals surface area contributed by atoms with Crippen LogP contribution in [0.3, 0.4) is 0 Å². The van der Waals surface area contributed by atoms with Crippen molar-refractivity contribution in [3.8, 4) is 0 Å². The molecule has 0 aromatic heterocycles. The average Bonchev–Trinajstić information content (AvgIpc) is 1.88. The maximum absolute atomic E-state index is 3.30. The van der Waals surface area contributed by atoms with Crippen molar-refractivity contribution < 1.29 is 20.3 Å². The van der Waals surface area contributed by atoms with Crippen LogP contribution in [0.15, 0.2) is 30.3 Å². The predicted molar refractivity (Wildman–Crippen MR) is 46.3 cm³/mol. The van der Waals surface area contributed by atoms with Gasteiger partial charge in [0.15, 0.2) is 0 Å². The van der Waals surface area contributed by atoms with Gasteiger partial charge >= 0.3 is 18.9 Å². The van der Waals surface area contributed by atoms with E-state index in [1.807, 2.05) is 18.2 Å². The number of rotatable bonds is 2. The Morgan fingerprint density at radius 1 is 1.18 bits per heavy atom. The quantitative estimate of drug-likeness (QED) is 0.557. The van der Waals surface area contributed by atoms with Crippen molar-refractivity contribution in [2.75, 3.05) is 5.32 Å². The van der Waals surface area contributed by atoms with Crippen LogP contribution in [0, 0.1) is 0 Å². The standard InChI is InChI=1S/C9H13N.Li.H/c1-8(2)10-9-6-4-3-5-7-9;;/h3-8,10H,1-2H3;;/q;+1;-1. The van der Waals surface area contributed by atoms with Gasteiger partial charge in [0.05, 0.1) is 0 Å². The Labute approximate surface area is 81.9 Å². The Bertz CT molecular complexity index is 189. The van der Waals surface area contributed by atoms with Gasteiger partial charge in [0.1, 0.15) is 0 Å². The van der Waals surface area contributed by atoms with Gasteiger partial charge in [0.2, 0.25) is 0 Å². The van der Waals surface area contributed by atoms with Crippen LogP contribution < -0.4 is 24.2 Å². The van der Waals surface area contributed by atoms with Crippen LogP contribution in [0.25, 0.3) is 0 Å². The molecule has 1 aromatic rings. The third-order valence-electron chi connectivity index (χ3n) is 1.23. The summed E-state index contributed by atoms with van der Waals surface area (Å²) in [5.74, 6) is 0. The van der Waals surface area contributed by atoms with E-state index in [4.69, 9.17) is 0 Å². The minimum absolute atomic E-state index is 0. The summed E-state index contributed by atoms with van der Waals surface area (Å²) in [6.07, 6.45) is 0. The predicted octanol–water partition coefficient (Wildman–Crippen LogP) is -0.377. The van der Waals surface area contributed by atoms with Crippen LogP contribution in [-0.4, -0.2) is 6.04 Å². The molecule has 1 N–H and O–H groups in total. The first kappa shape index (κ1) is 10.6. The number of para-hydroxylation sites is 1. The van der Waals surface area contributed by atoms with Gasteiger partial charge < -0.3 is 6.74 Å². The third kappa shape index (κ3) is 4.13. The number of benzene rings is 1. The van der Waals surface area contributed by atoms with Gasteiger partial charge in [-0.15, -0.1) is 0 Å². The molecule has 1 aromatic carbocycles. The Balaban J connectivity index is 0. The smallest absolute Gasteiger partial charge is 1.00 e. The Morgan fingerprint density at radius 2 is 1.73 bits per heavy atom. The summed E-state index contributed by atoms with van der Waals surface area (Å²) < 4.78 is 0. The number of nitrogens with one attached hydrogen (secondary N) is 1. The van der Waals surface area contributed by atoms with Crippen molar-refractivity contribution in [2.24, 2.45) is 0 Å². The van der Waals surface area contributed by atoms with Crippen molar-refractivity contribution in [2.45, 2.75) is 19.9 Å². The Morgan fingerprint density at radius 3 is 2.18 bits per heavy atom. The van der Waals surface area contributed by atoms with Crippen LogP contribution in [0.5, 0.6) is 0 Å². The maximum Gasteiger partial charge on any atom is 1.00 e. The summed E-state index contributed by atoms with van der Waals surface area (Å²) in [7, 11) is 0. The van der Waals surface area contributed by atoms with Crippen molar-refractivity contribution >= 4 is 5.69 Å². The van der Waals surface area contributed by atoms with Crippen LogP contribution in [-0.2, 0) is 0 Å². The summed E-state index contributed by atoms with van der Waals surface area (Å²) in [5.41, 5.74) is 1.19. The SMILES string of the molecule is CC(C)Nc1ccccc1.[H-].[Li+]. The molecule has 0 aliphatic carbocycles. The summed E-state index contributed by atoms with van der Waals surface area (Å²) in [4.78, 5) is 0.